The summed E-state index contributed by atoms with van der Waals surface area (Å²) in [6, 6.07) is 9.53. The second-order valence-electron chi connectivity index (χ2n) is 4.53. The van der Waals surface area contributed by atoms with Gasteiger partial charge in [-0.05, 0) is 36.4 Å². The van der Waals surface area contributed by atoms with Crippen LogP contribution in [-0.4, -0.2) is 20.5 Å². The Kier molecular flexibility index (Phi) is 4.37. The summed E-state index contributed by atoms with van der Waals surface area (Å²) in [4.78, 5) is 4.19. The van der Waals surface area contributed by atoms with Crippen molar-refractivity contribution in [1.29, 1.82) is 0 Å². The molecule has 0 aliphatic carbocycles. The van der Waals surface area contributed by atoms with Crippen LogP contribution in [-0.2, 0) is 10.0 Å². The van der Waals surface area contributed by atoms with Crippen molar-refractivity contribution in [2.75, 3.05) is 11.8 Å². The van der Waals surface area contributed by atoms with E-state index in [9.17, 15) is 8.42 Å². The lowest BCUT2D eigenvalue weighted by molar-refractivity contribution is 0.403. The van der Waals surface area contributed by atoms with E-state index in [1.807, 2.05) is 0 Å². The first-order valence-electron chi connectivity index (χ1n) is 6.31. The zero-order valence-electron chi connectivity index (χ0n) is 11.7. The average molecular weight is 389 g/mol. The number of nitrogens with one attached hydrogen (secondary N) is 1. The lowest BCUT2D eigenvalue weighted by Crippen LogP contribution is -2.13. The molecule has 9 heteroatoms. The van der Waals surface area contributed by atoms with Crippen LogP contribution in [0.15, 0.2) is 41.3 Å². The minimum absolute atomic E-state index is 0.0511. The molecule has 0 amide bonds. The summed E-state index contributed by atoms with van der Waals surface area (Å²) in [6.45, 7) is 0. The van der Waals surface area contributed by atoms with Gasteiger partial charge in [0.05, 0.1) is 17.3 Å². The summed E-state index contributed by atoms with van der Waals surface area (Å²) in [7, 11) is -2.49. The number of hydrogen-bond donors (Lipinski definition) is 1. The molecule has 0 spiro atoms. The van der Waals surface area contributed by atoms with Crippen LogP contribution in [0, 0.1) is 0 Å². The van der Waals surface area contributed by atoms with Gasteiger partial charge in [-0.3, -0.25) is 4.72 Å². The number of sulfonamides is 1. The monoisotopic (exact) mass is 388 g/mol. The van der Waals surface area contributed by atoms with Gasteiger partial charge in [-0.15, -0.1) is 0 Å². The number of ether oxygens (including phenoxy) is 1. The smallest absolute Gasteiger partial charge is 0.267 e. The molecular formula is C14H10Cl2N2O3S2. The van der Waals surface area contributed by atoms with Gasteiger partial charge in [-0.2, -0.15) is 0 Å². The van der Waals surface area contributed by atoms with Crippen molar-refractivity contribution in [2.24, 2.45) is 0 Å². The van der Waals surface area contributed by atoms with E-state index in [2.05, 4.69) is 9.71 Å². The number of nitrogens with zero attached hydrogens (tertiary/aromatic N) is 1. The van der Waals surface area contributed by atoms with Gasteiger partial charge in [0.2, 0.25) is 0 Å². The van der Waals surface area contributed by atoms with Gasteiger partial charge >= 0.3 is 0 Å². The standard InChI is InChI=1S/C14H10Cl2N2O3S2/c1-21-11-5-3-9(16)7-13(11)23(19,20)18-14-17-10-4-2-8(15)6-12(10)22-14/h2-7H,1H3,(H,17,18). The maximum absolute atomic E-state index is 12.6. The molecule has 2 aromatic carbocycles. The van der Waals surface area contributed by atoms with Crippen LogP contribution in [0.4, 0.5) is 5.13 Å². The summed E-state index contributed by atoms with van der Waals surface area (Å²) in [5.41, 5.74) is 0.662. The third-order valence-electron chi connectivity index (χ3n) is 2.99. The molecule has 0 aliphatic rings. The number of aromatic nitrogens is 1. The highest BCUT2D eigenvalue weighted by Crippen LogP contribution is 2.32. The summed E-state index contributed by atoms with van der Waals surface area (Å²) >= 11 is 13.0. The van der Waals surface area contributed by atoms with Crippen molar-refractivity contribution in [3.8, 4) is 5.75 Å². The van der Waals surface area contributed by atoms with Crippen LogP contribution >= 0.6 is 34.5 Å². The van der Waals surface area contributed by atoms with Gasteiger partial charge in [-0.25, -0.2) is 13.4 Å². The highest BCUT2D eigenvalue weighted by Gasteiger charge is 2.21. The van der Waals surface area contributed by atoms with Crippen molar-refractivity contribution in [3.05, 3.63) is 46.4 Å². The lowest BCUT2D eigenvalue weighted by atomic mass is 10.3. The molecule has 0 saturated carbocycles. The molecule has 0 saturated heterocycles. The Balaban J connectivity index is 2.01. The third-order valence-corrected chi connectivity index (χ3v) is 5.88. The molecule has 0 aliphatic heterocycles. The van der Waals surface area contributed by atoms with Gasteiger partial charge in [0.1, 0.15) is 10.6 Å². The fourth-order valence-corrected chi connectivity index (χ4v) is 4.78. The Labute approximate surface area is 146 Å². The maximum Gasteiger partial charge on any atom is 0.267 e. The predicted octanol–water partition coefficient (Wildman–Crippen LogP) is 4.41. The number of methoxy groups -OCH3 is 1. The van der Waals surface area contributed by atoms with Crippen LogP contribution in [0.5, 0.6) is 5.75 Å². The fraction of sp³-hybridized carbons (Fsp3) is 0.0714. The number of benzene rings is 2. The molecule has 3 aromatic rings. The number of thiazole rings is 1. The van der Waals surface area contributed by atoms with Gasteiger partial charge in [-0.1, -0.05) is 34.5 Å². The van der Waals surface area contributed by atoms with E-state index in [-0.39, 0.29) is 15.8 Å². The molecule has 120 valence electrons. The highest BCUT2D eigenvalue weighted by atomic mass is 35.5. The predicted molar refractivity (Wildman–Crippen MR) is 93.4 cm³/mol. The average Bonchev–Trinajstić information content (AvgIpc) is 2.87. The molecule has 3 rings (SSSR count). The Morgan fingerprint density at radius 2 is 1.83 bits per heavy atom. The topological polar surface area (TPSA) is 68.3 Å². The first-order valence-corrected chi connectivity index (χ1v) is 9.37. The molecule has 0 radical (unpaired) electrons. The Morgan fingerprint density at radius 1 is 1.13 bits per heavy atom. The number of fused-ring (bicyclic) bond motifs is 1. The van der Waals surface area contributed by atoms with E-state index < -0.39 is 10.0 Å². The second kappa shape index (κ2) is 6.16. The molecule has 23 heavy (non-hydrogen) atoms. The number of halogens is 2. The minimum atomic E-state index is -3.88. The van der Waals surface area contributed by atoms with Gasteiger partial charge < -0.3 is 4.74 Å². The molecule has 5 nitrogen and oxygen atoms in total. The molecule has 0 atom stereocenters. The zero-order chi connectivity index (χ0) is 16.6. The van der Waals surface area contributed by atoms with E-state index in [0.717, 1.165) is 4.70 Å². The van der Waals surface area contributed by atoms with Crippen molar-refractivity contribution in [3.63, 3.8) is 0 Å². The first-order chi connectivity index (χ1) is 10.9. The summed E-state index contributed by atoms with van der Waals surface area (Å²) in [6.07, 6.45) is 0. The van der Waals surface area contributed by atoms with Crippen LogP contribution < -0.4 is 9.46 Å². The van der Waals surface area contributed by atoms with Crippen molar-refractivity contribution >= 4 is 59.9 Å². The van der Waals surface area contributed by atoms with E-state index in [1.165, 1.54) is 30.6 Å². The van der Waals surface area contributed by atoms with Crippen LogP contribution in [0.2, 0.25) is 10.0 Å². The van der Waals surface area contributed by atoms with Gasteiger partial charge in [0.25, 0.3) is 10.0 Å². The summed E-state index contributed by atoms with van der Waals surface area (Å²) in [5.74, 6) is 0.200. The molecule has 1 N–H and O–H groups in total. The highest BCUT2D eigenvalue weighted by molar-refractivity contribution is 7.93. The fourth-order valence-electron chi connectivity index (χ4n) is 1.97. The normalized spacial score (nSPS) is 11.6. The van der Waals surface area contributed by atoms with Crippen LogP contribution in [0.1, 0.15) is 0 Å². The minimum Gasteiger partial charge on any atom is -0.495 e. The van der Waals surface area contributed by atoms with Crippen molar-refractivity contribution < 1.29 is 13.2 Å². The van der Waals surface area contributed by atoms with Gasteiger partial charge in [0, 0.05) is 10.0 Å². The molecule has 1 aromatic heterocycles. The van der Waals surface area contributed by atoms with Crippen LogP contribution in [0.25, 0.3) is 10.2 Å². The molecule has 1 heterocycles. The molecular weight excluding hydrogens is 379 g/mol. The maximum atomic E-state index is 12.6. The molecule has 0 unspecified atom stereocenters. The Bertz CT molecular complexity index is 987. The zero-order valence-corrected chi connectivity index (χ0v) is 14.9. The van der Waals surface area contributed by atoms with E-state index in [0.29, 0.717) is 15.6 Å². The van der Waals surface area contributed by atoms with Crippen molar-refractivity contribution in [2.45, 2.75) is 4.90 Å². The number of rotatable bonds is 4. The Morgan fingerprint density at radius 3 is 2.57 bits per heavy atom. The van der Waals surface area contributed by atoms with E-state index in [1.54, 1.807) is 24.3 Å². The van der Waals surface area contributed by atoms with Crippen molar-refractivity contribution in [1.82, 2.24) is 4.98 Å². The van der Waals surface area contributed by atoms with E-state index >= 15 is 0 Å². The molecule has 0 bridgehead atoms. The van der Waals surface area contributed by atoms with Crippen LogP contribution in [0.3, 0.4) is 0 Å². The first kappa shape index (κ1) is 16.3. The largest absolute Gasteiger partial charge is 0.495 e. The number of hydrogen-bond acceptors (Lipinski definition) is 5. The second-order valence-corrected chi connectivity index (χ2v) is 8.09. The lowest BCUT2D eigenvalue weighted by Gasteiger charge is -2.10. The molecule has 0 fully saturated rings. The van der Waals surface area contributed by atoms with E-state index in [4.69, 9.17) is 27.9 Å². The SMILES string of the molecule is COc1ccc(Cl)cc1S(=O)(=O)Nc1nc2ccc(Cl)cc2s1. The summed E-state index contributed by atoms with van der Waals surface area (Å²) in [5, 5.41) is 1.10. The van der Waals surface area contributed by atoms with Gasteiger partial charge in [0.15, 0.2) is 5.13 Å². The Hall–Kier alpha value is -1.54. The summed E-state index contributed by atoms with van der Waals surface area (Å²) < 4.78 is 33.5. The number of anilines is 1. The quantitative estimate of drug-likeness (QED) is 0.718. The third kappa shape index (κ3) is 3.37.